The van der Waals surface area contributed by atoms with Gasteiger partial charge in [-0.05, 0) is 43.9 Å². The normalized spacial score (nSPS) is 16.5. The first-order valence-corrected chi connectivity index (χ1v) is 11.0. The van der Waals surface area contributed by atoms with Crippen molar-refractivity contribution in [3.63, 3.8) is 0 Å². The molecule has 7 heteroatoms. The minimum Gasteiger partial charge on any atom is -0.463 e. The molecule has 0 amide bonds. The van der Waals surface area contributed by atoms with Gasteiger partial charge in [0.15, 0.2) is 4.80 Å². The second-order valence-corrected chi connectivity index (χ2v) is 8.72. The molecular weight excluding hydrogens is 404 g/mol. The van der Waals surface area contributed by atoms with Crippen molar-refractivity contribution < 1.29 is 9.53 Å². The van der Waals surface area contributed by atoms with Gasteiger partial charge in [-0.2, -0.15) is 0 Å². The van der Waals surface area contributed by atoms with Crippen molar-refractivity contribution in [2.75, 3.05) is 6.61 Å². The summed E-state index contributed by atoms with van der Waals surface area (Å²) >= 11 is 2.91. The van der Waals surface area contributed by atoms with Crippen LogP contribution in [0.1, 0.15) is 35.9 Å². The number of hydrogen-bond donors (Lipinski definition) is 0. The topological polar surface area (TPSA) is 60.7 Å². The summed E-state index contributed by atoms with van der Waals surface area (Å²) in [5, 5.41) is 1.97. The first-order chi connectivity index (χ1) is 14.0. The lowest BCUT2D eigenvalue weighted by Crippen LogP contribution is -2.39. The summed E-state index contributed by atoms with van der Waals surface area (Å²) in [4.78, 5) is 32.3. The number of fused-ring (bicyclic) bond motifs is 1. The third kappa shape index (κ3) is 3.63. The number of allylic oxidation sites excluding steroid dienone is 1. The summed E-state index contributed by atoms with van der Waals surface area (Å²) in [5.41, 5.74) is 2.81. The molecule has 3 heterocycles. The minimum atomic E-state index is -0.559. The zero-order chi connectivity index (χ0) is 20.5. The van der Waals surface area contributed by atoms with E-state index in [0.717, 1.165) is 16.0 Å². The second-order valence-electron chi connectivity index (χ2n) is 6.73. The van der Waals surface area contributed by atoms with Crippen LogP contribution in [0.4, 0.5) is 0 Å². The Morgan fingerprint density at radius 3 is 2.66 bits per heavy atom. The molecule has 2 aromatic heterocycles. The van der Waals surface area contributed by atoms with Crippen LogP contribution in [0.3, 0.4) is 0 Å². The van der Waals surface area contributed by atoms with Crippen molar-refractivity contribution in [1.82, 2.24) is 4.57 Å². The lowest BCUT2D eigenvalue weighted by atomic mass is 9.95. The van der Waals surface area contributed by atoms with E-state index in [1.54, 1.807) is 29.8 Å². The first-order valence-electron chi connectivity index (χ1n) is 9.29. The van der Waals surface area contributed by atoms with E-state index >= 15 is 0 Å². The fraction of sp³-hybridized carbons (Fsp3) is 0.227. The maximum absolute atomic E-state index is 13.3. The van der Waals surface area contributed by atoms with Gasteiger partial charge < -0.3 is 4.74 Å². The Morgan fingerprint density at radius 2 is 2.00 bits per heavy atom. The number of nitrogens with zero attached hydrogens (tertiary/aromatic N) is 2. The highest BCUT2D eigenvalue weighted by atomic mass is 32.1. The Bertz CT molecular complexity index is 1260. The highest BCUT2D eigenvalue weighted by molar-refractivity contribution is 7.11. The molecule has 0 fully saturated rings. The van der Waals surface area contributed by atoms with Gasteiger partial charge in [0.25, 0.3) is 5.56 Å². The molecule has 0 radical (unpaired) electrons. The predicted octanol–water partition coefficient (Wildman–Crippen LogP) is 3.17. The molecule has 0 aliphatic carbocycles. The van der Waals surface area contributed by atoms with Crippen molar-refractivity contribution >= 4 is 34.7 Å². The molecule has 0 unspecified atom stereocenters. The number of benzene rings is 1. The molecule has 0 N–H and O–H groups in total. The fourth-order valence-corrected chi connectivity index (χ4v) is 5.13. The van der Waals surface area contributed by atoms with Crippen LogP contribution in [-0.4, -0.2) is 17.1 Å². The summed E-state index contributed by atoms with van der Waals surface area (Å²) in [5.74, 6) is -0.438. The minimum absolute atomic E-state index is 0.151. The number of carbonyl (C=O) groups is 1. The first kappa shape index (κ1) is 19.5. The molecule has 4 rings (SSSR count). The Labute approximate surface area is 175 Å². The molecular formula is C22H20N2O3S2. The van der Waals surface area contributed by atoms with Crippen LogP contribution in [0.5, 0.6) is 0 Å². The summed E-state index contributed by atoms with van der Waals surface area (Å²) in [6.07, 6.45) is 1.88. The van der Waals surface area contributed by atoms with Gasteiger partial charge in [0.2, 0.25) is 0 Å². The summed E-state index contributed by atoms with van der Waals surface area (Å²) < 4.78 is 7.52. The van der Waals surface area contributed by atoms with Crippen molar-refractivity contribution in [2.45, 2.75) is 26.8 Å². The molecule has 29 heavy (non-hydrogen) atoms. The average Bonchev–Trinajstić information content (AvgIpc) is 3.30. The molecule has 1 atom stereocenters. The van der Waals surface area contributed by atoms with Gasteiger partial charge in [-0.15, -0.1) is 11.3 Å². The predicted molar refractivity (Wildman–Crippen MR) is 116 cm³/mol. The van der Waals surface area contributed by atoms with Gasteiger partial charge in [0.05, 0.1) is 28.5 Å². The number of hydrogen-bond acceptors (Lipinski definition) is 6. The lowest BCUT2D eigenvalue weighted by molar-refractivity contribution is -0.139. The van der Waals surface area contributed by atoms with E-state index in [4.69, 9.17) is 4.74 Å². The van der Waals surface area contributed by atoms with Gasteiger partial charge >= 0.3 is 5.97 Å². The van der Waals surface area contributed by atoms with Crippen LogP contribution in [0.2, 0.25) is 0 Å². The Kier molecular flexibility index (Phi) is 5.34. The maximum atomic E-state index is 13.3. The number of carbonyl (C=O) groups excluding carboxylic acids is 1. The molecule has 0 spiro atoms. The second kappa shape index (κ2) is 7.93. The van der Waals surface area contributed by atoms with Crippen molar-refractivity contribution in [3.05, 3.63) is 88.7 Å². The van der Waals surface area contributed by atoms with Crippen molar-refractivity contribution in [1.29, 1.82) is 0 Å². The van der Waals surface area contributed by atoms with Gasteiger partial charge in [-0.3, -0.25) is 9.36 Å². The van der Waals surface area contributed by atoms with Crippen molar-refractivity contribution in [2.24, 2.45) is 4.99 Å². The van der Waals surface area contributed by atoms with E-state index in [-0.39, 0.29) is 12.2 Å². The molecule has 0 saturated heterocycles. The number of rotatable bonds is 4. The third-order valence-electron chi connectivity index (χ3n) is 4.73. The Morgan fingerprint density at radius 1 is 1.24 bits per heavy atom. The summed E-state index contributed by atoms with van der Waals surface area (Å²) in [7, 11) is 0. The number of aryl methyl sites for hydroxylation is 1. The Hall–Kier alpha value is -2.77. The molecule has 1 aliphatic rings. The van der Waals surface area contributed by atoms with E-state index in [0.29, 0.717) is 20.6 Å². The fourth-order valence-electron chi connectivity index (χ4n) is 3.36. The number of thiazole rings is 1. The molecule has 3 aromatic rings. The molecule has 0 bridgehead atoms. The summed E-state index contributed by atoms with van der Waals surface area (Å²) in [6, 6.07) is 11.2. The van der Waals surface area contributed by atoms with Gasteiger partial charge in [-0.25, -0.2) is 9.79 Å². The van der Waals surface area contributed by atoms with E-state index in [1.165, 1.54) is 11.3 Å². The number of thiophene rings is 1. The SMILES string of the molecule is CCOC(=O)C1=C(C)N=c2sc(=Cc3cccs3)c(=O)n2[C@H]1c1ccc(C)cc1. The van der Waals surface area contributed by atoms with Crippen LogP contribution >= 0.6 is 22.7 Å². The van der Waals surface area contributed by atoms with E-state index in [9.17, 15) is 9.59 Å². The quantitative estimate of drug-likeness (QED) is 0.605. The maximum Gasteiger partial charge on any atom is 0.338 e. The lowest BCUT2D eigenvalue weighted by Gasteiger charge is -2.24. The zero-order valence-electron chi connectivity index (χ0n) is 16.3. The monoisotopic (exact) mass is 424 g/mol. The van der Waals surface area contributed by atoms with Crippen LogP contribution in [0.25, 0.3) is 6.08 Å². The van der Waals surface area contributed by atoms with Crippen LogP contribution in [0.15, 0.2) is 62.8 Å². The van der Waals surface area contributed by atoms with Gasteiger partial charge in [0, 0.05) is 4.88 Å². The van der Waals surface area contributed by atoms with Gasteiger partial charge in [-0.1, -0.05) is 47.2 Å². The number of ether oxygens (including phenoxy) is 1. The summed E-state index contributed by atoms with van der Waals surface area (Å²) in [6.45, 7) is 5.83. The Balaban J connectivity index is 1.97. The molecule has 1 aliphatic heterocycles. The molecule has 148 valence electrons. The van der Waals surface area contributed by atoms with Crippen molar-refractivity contribution in [3.8, 4) is 0 Å². The number of esters is 1. The van der Waals surface area contributed by atoms with Crippen LogP contribution in [-0.2, 0) is 9.53 Å². The van der Waals surface area contributed by atoms with Gasteiger partial charge in [0.1, 0.15) is 0 Å². The largest absolute Gasteiger partial charge is 0.463 e. The van der Waals surface area contributed by atoms with Crippen LogP contribution < -0.4 is 14.9 Å². The highest BCUT2D eigenvalue weighted by Gasteiger charge is 2.33. The molecule has 1 aromatic carbocycles. The smallest absolute Gasteiger partial charge is 0.338 e. The molecule has 5 nitrogen and oxygen atoms in total. The highest BCUT2D eigenvalue weighted by Crippen LogP contribution is 2.30. The van der Waals surface area contributed by atoms with E-state index in [1.807, 2.05) is 54.8 Å². The van der Waals surface area contributed by atoms with Crippen LogP contribution in [0, 0.1) is 6.92 Å². The zero-order valence-corrected chi connectivity index (χ0v) is 18.0. The average molecular weight is 425 g/mol. The van der Waals surface area contributed by atoms with E-state index < -0.39 is 12.0 Å². The standard InChI is InChI=1S/C22H20N2O3S2/c1-4-27-21(26)18-14(3)23-22-24(19(18)15-9-7-13(2)8-10-15)20(25)17(29-22)12-16-6-5-11-28-16/h5-12,19H,4H2,1-3H3/t19-/m0/s1. The van der Waals surface area contributed by atoms with E-state index in [2.05, 4.69) is 4.99 Å². The molecule has 0 saturated carbocycles. The number of aromatic nitrogens is 1. The third-order valence-corrected chi connectivity index (χ3v) is 6.53.